The van der Waals surface area contributed by atoms with Crippen LogP contribution in [0.2, 0.25) is 0 Å². The molecule has 6 N–H and O–H groups in total. The molecule has 4 unspecified atom stereocenters. The van der Waals surface area contributed by atoms with Crippen molar-refractivity contribution in [2.75, 3.05) is 25.6 Å². The van der Waals surface area contributed by atoms with Crippen molar-refractivity contribution in [3.63, 3.8) is 0 Å². The van der Waals surface area contributed by atoms with E-state index < -0.39 is 83.7 Å². The number of allylic oxidation sites excluding steroid dienone is 4. The first-order valence-electron chi connectivity index (χ1n) is 26.5. The summed E-state index contributed by atoms with van der Waals surface area (Å²) < 4.78 is 62.6. The van der Waals surface area contributed by atoms with Crippen molar-refractivity contribution >= 4 is 33.4 Å². The van der Waals surface area contributed by atoms with E-state index in [1.165, 1.54) is 83.1 Å². The van der Waals surface area contributed by atoms with Crippen LogP contribution in [0.15, 0.2) is 53.5 Å². The van der Waals surface area contributed by atoms with Crippen LogP contribution in [0.1, 0.15) is 188 Å². The Morgan fingerprint density at radius 2 is 1.29 bits per heavy atom. The van der Waals surface area contributed by atoms with Crippen molar-refractivity contribution in [2.45, 2.75) is 224 Å². The molecule has 0 aliphatic carbocycles. The number of nitrogens with zero attached hydrogens (tertiary/aromatic N) is 2. The van der Waals surface area contributed by atoms with E-state index in [2.05, 4.69) is 54.4 Å². The Bertz CT molecular complexity index is 1930. The molecular weight excluding hydrogens is 973 g/mol. The van der Waals surface area contributed by atoms with Gasteiger partial charge in [0, 0.05) is 19.0 Å². The number of phosphoric ester groups is 2. The molecule has 0 amide bonds. The fourth-order valence-corrected chi connectivity index (χ4v) is 10.2. The number of hydrogen-bond acceptors (Lipinski definition) is 16. The van der Waals surface area contributed by atoms with E-state index in [1.807, 2.05) is 12.2 Å². The van der Waals surface area contributed by atoms with Gasteiger partial charge in [-0.3, -0.25) is 23.2 Å². The van der Waals surface area contributed by atoms with Crippen LogP contribution in [0, 0.1) is 5.92 Å². The van der Waals surface area contributed by atoms with Crippen molar-refractivity contribution in [1.82, 2.24) is 9.55 Å². The minimum Gasteiger partial charge on any atom is -0.462 e. The molecule has 9 atom stereocenters. The molecule has 21 heteroatoms. The number of rotatable bonds is 42. The highest BCUT2D eigenvalue weighted by atomic mass is 31.3. The van der Waals surface area contributed by atoms with Crippen LogP contribution in [-0.4, -0.2) is 97.9 Å². The fraction of sp³-hybridized carbons (Fsp3) is 0.765. The van der Waals surface area contributed by atoms with Crippen LogP contribution >= 0.6 is 15.6 Å². The number of carbonyl (C=O) groups excluding carboxylic acids is 2. The zero-order valence-electron chi connectivity index (χ0n) is 43.1. The lowest BCUT2D eigenvalue weighted by Gasteiger charge is -2.21. The van der Waals surface area contributed by atoms with E-state index in [1.54, 1.807) is 0 Å². The topological polar surface area (TPSA) is 278 Å². The lowest BCUT2D eigenvalue weighted by Crippen LogP contribution is -2.36. The van der Waals surface area contributed by atoms with E-state index in [0.29, 0.717) is 19.3 Å². The Kier molecular flexibility index (Phi) is 31.6. The molecule has 1 aromatic heterocycles. The molecule has 0 radical (unpaired) electrons. The van der Waals surface area contributed by atoms with Gasteiger partial charge in [-0.2, -0.15) is 9.29 Å². The Morgan fingerprint density at radius 1 is 0.722 bits per heavy atom. The highest BCUT2D eigenvalue weighted by Gasteiger charge is 2.46. The van der Waals surface area contributed by atoms with Gasteiger partial charge in [0.2, 0.25) is 0 Å². The number of nitrogens with two attached hydrogens (primary N) is 1. The monoisotopic (exact) mass is 1060 g/mol. The van der Waals surface area contributed by atoms with Crippen molar-refractivity contribution in [2.24, 2.45) is 5.92 Å². The number of nitrogen functional groups attached to an aromatic ring is 1. The predicted octanol–water partition coefficient (Wildman–Crippen LogP) is 10.0. The maximum atomic E-state index is 12.9. The maximum Gasteiger partial charge on any atom is 0.481 e. The Morgan fingerprint density at radius 3 is 1.93 bits per heavy atom. The third kappa shape index (κ3) is 28.6. The number of aliphatic hydroxyl groups is 2. The van der Waals surface area contributed by atoms with E-state index in [9.17, 15) is 43.5 Å². The average molecular weight is 1060 g/mol. The van der Waals surface area contributed by atoms with Crippen molar-refractivity contribution in [3.05, 3.63) is 59.2 Å². The molecule has 3 heterocycles. The van der Waals surface area contributed by atoms with Crippen LogP contribution in [0.3, 0.4) is 0 Å². The zero-order valence-corrected chi connectivity index (χ0v) is 44.9. The summed E-state index contributed by atoms with van der Waals surface area (Å²) in [7, 11) is -10.9. The molecular formula is C51H87N3O16P2. The number of unbranched alkanes of at least 4 members (excludes halogenated alkanes) is 16. The van der Waals surface area contributed by atoms with Gasteiger partial charge in [-0.25, -0.2) is 13.9 Å². The smallest absolute Gasteiger partial charge is 0.462 e. The number of aromatic nitrogens is 2. The van der Waals surface area contributed by atoms with Gasteiger partial charge in [-0.1, -0.05) is 154 Å². The summed E-state index contributed by atoms with van der Waals surface area (Å²) in [4.78, 5) is 62.0. The number of esters is 2. The lowest BCUT2D eigenvalue weighted by atomic mass is 10.0. The van der Waals surface area contributed by atoms with Gasteiger partial charge >= 0.3 is 33.3 Å². The van der Waals surface area contributed by atoms with Gasteiger partial charge in [-0.05, 0) is 63.4 Å². The summed E-state index contributed by atoms with van der Waals surface area (Å²) in [6.45, 7) is 4.39. The third-order valence-electron chi connectivity index (χ3n) is 12.3. The van der Waals surface area contributed by atoms with Crippen LogP contribution in [0.4, 0.5) is 5.82 Å². The number of anilines is 1. The maximum absolute atomic E-state index is 12.9. The van der Waals surface area contributed by atoms with E-state index in [4.69, 9.17) is 33.7 Å². The summed E-state index contributed by atoms with van der Waals surface area (Å²) in [6.07, 6.45) is 31.1. The van der Waals surface area contributed by atoms with Crippen molar-refractivity contribution in [3.8, 4) is 0 Å². The van der Waals surface area contributed by atoms with Gasteiger partial charge in [0.05, 0.1) is 25.4 Å². The number of aliphatic hydroxyl groups excluding tert-OH is 2. The molecule has 0 bridgehead atoms. The van der Waals surface area contributed by atoms with E-state index in [-0.39, 0.29) is 30.9 Å². The summed E-state index contributed by atoms with van der Waals surface area (Å²) in [5, 5.41) is 20.9. The first-order chi connectivity index (χ1) is 34.5. The SMILES string of the molecule is CCCCC/C=C\C/C=C\CC1OC1C/C=C\CCCC(=O)O[C@H](COC(=O)CCCCCCCCCCCCCCCC(C)C)COP(=O)(O)OP(=O)(O)OC[C@H]1O[C@@H](n2ccc(N)nc2=O)[C@H](O)[C@@H]1O. The molecule has 412 valence electrons. The quantitative estimate of drug-likeness (QED) is 0.0134. The van der Waals surface area contributed by atoms with Crippen LogP contribution in [0.5, 0.6) is 0 Å². The lowest BCUT2D eigenvalue weighted by molar-refractivity contribution is -0.161. The summed E-state index contributed by atoms with van der Waals surface area (Å²) >= 11 is 0. The van der Waals surface area contributed by atoms with E-state index >= 15 is 0 Å². The van der Waals surface area contributed by atoms with Gasteiger partial charge in [0.1, 0.15) is 30.7 Å². The number of carbonyl (C=O) groups is 2. The minimum absolute atomic E-state index is 0.0329. The molecule has 1 aromatic rings. The number of epoxide rings is 1. The largest absolute Gasteiger partial charge is 0.481 e. The van der Waals surface area contributed by atoms with Gasteiger partial charge < -0.3 is 44.7 Å². The summed E-state index contributed by atoms with van der Waals surface area (Å²) in [5.41, 5.74) is 4.59. The van der Waals surface area contributed by atoms with Crippen LogP contribution in [-0.2, 0) is 51.0 Å². The second kappa shape index (κ2) is 36.0. The molecule has 0 saturated carbocycles. The first-order valence-corrected chi connectivity index (χ1v) is 29.5. The minimum atomic E-state index is -5.44. The number of hydrogen-bond donors (Lipinski definition) is 5. The molecule has 0 spiro atoms. The third-order valence-corrected chi connectivity index (χ3v) is 14.9. The van der Waals surface area contributed by atoms with Crippen molar-refractivity contribution in [1.29, 1.82) is 0 Å². The normalized spacial score (nSPS) is 22.2. The standard InChI is InChI=1S/C51H87N3O16P2/c1-4-5-6-7-8-14-18-21-26-31-42-43(68-42)32-27-23-24-29-34-47(56)67-41(37-64-46(55)33-28-22-19-16-13-11-9-10-12-15-17-20-25-30-40(2)3)38-65-71(60,61)70-72(62,63)66-39-44-48(57)49(58)50(69-44)54-36-35-45(52)53-51(54)59/h8,14,21,23,26-27,35-36,40-44,48-50,57-58H,4-7,9-13,15-20,22,24-25,28-34,37-39H2,1-3H3,(H,60,61)(H,62,63)(H2,52,53,59)/b14-8-,26-21-,27-23-/t41-,42?,43?,44-,48-,49-,50-/m1/s1. The number of ether oxygens (including phenoxy) is 4. The van der Waals surface area contributed by atoms with Gasteiger partial charge in [0.15, 0.2) is 12.3 Å². The van der Waals surface area contributed by atoms with Crippen LogP contribution in [0.25, 0.3) is 0 Å². The highest BCUT2D eigenvalue weighted by Crippen LogP contribution is 2.60. The molecule has 72 heavy (non-hydrogen) atoms. The van der Waals surface area contributed by atoms with Crippen LogP contribution < -0.4 is 11.4 Å². The Balaban J connectivity index is 1.41. The van der Waals surface area contributed by atoms with Gasteiger partial charge in [-0.15, -0.1) is 0 Å². The second-order valence-corrected chi connectivity index (χ2v) is 22.3. The second-order valence-electron chi connectivity index (χ2n) is 19.2. The van der Waals surface area contributed by atoms with Gasteiger partial charge in [0.25, 0.3) is 0 Å². The summed E-state index contributed by atoms with van der Waals surface area (Å²) in [6, 6.07) is 1.25. The fourth-order valence-electron chi connectivity index (χ4n) is 8.06. The summed E-state index contributed by atoms with van der Waals surface area (Å²) in [5.74, 6) is -0.582. The zero-order chi connectivity index (χ0) is 52.6. The van der Waals surface area contributed by atoms with E-state index in [0.717, 1.165) is 68.0 Å². The number of phosphoric acid groups is 2. The predicted molar refractivity (Wildman–Crippen MR) is 274 cm³/mol. The Hall–Kier alpha value is -3.06. The molecule has 0 aromatic carbocycles. The molecule has 2 aliphatic heterocycles. The Labute approximate surface area is 427 Å². The first kappa shape index (κ1) is 63.2. The molecule has 3 rings (SSSR count). The highest BCUT2D eigenvalue weighted by molar-refractivity contribution is 7.61. The molecule has 19 nitrogen and oxygen atoms in total. The average Bonchev–Trinajstić information content (AvgIpc) is 4.02. The molecule has 2 saturated heterocycles. The van der Waals surface area contributed by atoms with Crippen molar-refractivity contribution < 1.29 is 71.0 Å². The molecule has 2 fully saturated rings. The molecule has 2 aliphatic rings.